The van der Waals surface area contributed by atoms with Gasteiger partial charge in [-0.15, -0.1) is 0 Å². The third-order valence-corrected chi connectivity index (χ3v) is 2.10. The number of hydrogen-bond donors (Lipinski definition) is 2. The van der Waals surface area contributed by atoms with Crippen molar-refractivity contribution in [2.24, 2.45) is 0 Å². The third-order valence-electron chi connectivity index (χ3n) is 2.10. The van der Waals surface area contributed by atoms with Crippen molar-refractivity contribution in [2.75, 3.05) is 6.54 Å². The number of nitrogens with one attached hydrogen (secondary N) is 1. The summed E-state index contributed by atoms with van der Waals surface area (Å²) in [5.74, 6) is -1.89. The molecule has 0 aromatic carbocycles. The van der Waals surface area contributed by atoms with Gasteiger partial charge in [0.2, 0.25) is 0 Å². The molecule has 0 saturated heterocycles. The molecule has 2 N–H and O–H groups in total. The van der Waals surface area contributed by atoms with Crippen molar-refractivity contribution in [3.8, 4) is 0 Å². The first-order chi connectivity index (χ1) is 9.10. The van der Waals surface area contributed by atoms with Gasteiger partial charge in [0.1, 0.15) is 23.6 Å². The van der Waals surface area contributed by atoms with E-state index in [-0.39, 0.29) is 31.6 Å². The number of carboxylic acid groups (broad SMARTS) is 1. The molecule has 0 aromatic rings. The summed E-state index contributed by atoms with van der Waals surface area (Å²) in [5.41, 5.74) is -0.600. The number of carbonyl (C=O) groups excluding carboxylic acids is 3. The van der Waals surface area contributed by atoms with Crippen LogP contribution in [0.5, 0.6) is 0 Å². The van der Waals surface area contributed by atoms with Crippen molar-refractivity contribution in [1.82, 2.24) is 5.32 Å². The predicted octanol–water partition coefficient (Wildman–Crippen LogP) is 1.29. The number of aliphatic carboxylic acids is 1. The fourth-order valence-corrected chi connectivity index (χ4v) is 1.28. The minimum absolute atomic E-state index is 0.0118. The van der Waals surface area contributed by atoms with E-state index in [4.69, 9.17) is 9.84 Å². The minimum atomic E-state index is -1.20. The van der Waals surface area contributed by atoms with Gasteiger partial charge in [0, 0.05) is 25.8 Å². The highest BCUT2D eigenvalue weighted by Gasteiger charge is 2.16. The quantitative estimate of drug-likeness (QED) is 0.651. The number of ether oxygens (including phenoxy) is 1. The van der Waals surface area contributed by atoms with Crippen molar-refractivity contribution in [1.29, 1.82) is 0 Å². The lowest BCUT2D eigenvalue weighted by Crippen LogP contribution is -2.33. The molecule has 1 amide bonds. The van der Waals surface area contributed by atoms with Crippen LogP contribution in [-0.4, -0.2) is 40.9 Å². The van der Waals surface area contributed by atoms with Crippen molar-refractivity contribution < 1.29 is 29.0 Å². The summed E-state index contributed by atoms with van der Waals surface area (Å²) < 4.78 is 4.98. The molecule has 0 aromatic heterocycles. The molecule has 0 aliphatic carbocycles. The number of ketones is 2. The molecular formula is C13H21NO6. The summed E-state index contributed by atoms with van der Waals surface area (Å²) in [6.07, 6.45) is -1.19. The normalized spacial score (nSPS) is 10.8. The van der Waals surface area contributed by atoms with Crippen LogP contribution in [0.1, 0.15) is 46.5 Å². The Morgan fingerprint density at radius 1 is 1.00 bits per heavy atom. The zero-order valence-corrected chi connectivity index (χ0v) is 12.0. The van der Waals surface area contributed by atoms with Crippen LogP contribution in [0, 0.1) is 0 Å². The lowest BCUT2D eigenvalue weighted by Gasteiger charge is -2.19. The summed E-state index contributed by atoms with van der Waals surface area (Å²) in [5, 5.41) is 10.8. The van der Waals surface area contributed by atoms with Gasteiger partial charge in [-0.1, -0.05) is 0 Å². The summed E-state index contributed by atoms with van der Waals surface area (Å²) >= 11 is 0. The molecule has 0 saturated carbocycles. The van der Waals surface area contributed by atoms with Gasteiger partial charge in [0.25, 0.3) is 0 Å². The molecule has 0 aliphatic rings. The van der Waals surface area contributed by atoms with Crippen LogP contribution in [0.15, 0.2) is 0 Å². The van der Waals surface area contributed by atoms with Gasteiger partial charge in [-0.2, -0.15) is 0 Å². The second-order valence-electron chi connectivity index (χ2n) is 5.33. The second kappa shape index (κ2) is 8.29. The summed E-state index contributed by atoms with van der Waals surface area (Å²) in [7, 11) is 0. The SMILES string of the molecule is CC(C)(C)OC(=O)NCCC(=O)CCC(=O)CC(=O)O. The first kappa shape index (κ1) is 18.1. The van der Waals surface area contributed by atoms with Gasteiger partial charge in [0.05, 0.1) is 0 Å². The second-order valence-corrected chi connectivity index (χ2v) is 5.33. The summed E-state index contributed by atoms with van der Waals surface area (Å²) in [6, 6.07) is 0. The van der Waals surface area contributed by atoms with Crippen LogP contribution in [0.3, 0.4) is 0 Å². The highest BCUT2D eigenvalue weighted by Crippen LogP contribution is 2.06. The highest BCUT2D eigenvalue weighted by molar-refractivity contribution is 5.96. The lowest BCUT2D eigenvalue weighted by atomic mass is 10.1. The molecule has 0 unspecified atom stereocenters. The van der Waals surface area contributed by atoms with Gasteiger partial charge in [-0.05, 0) is 20.8 Å². The number of rotatable bonds is 8. The van der Waals surface area contributed by atoms with E-state index in [0.29, 0.717) is 0 Å². The first-order valence-corrected chi connectivity index (χ1v) is 6.32. The first-order valence-electron chi connectivity index (χ1n) is 6.32. The van der Waals surface area contributed by atoms with Crippen molar-refractivity contribution in [2.45, 2.75) is 52.1 Å². The molecule has 0 rings (SSSR count). The number of amides is 1. The molecule has 0 fully saturated rings. The molecule has 0 bridgehead atoms. The zero-order chi connectivity index (χ0) is 15.8. The molecular weight excluding hydrogens is 266 g/mol. The Balaban J connectivity index is 3.76. The topological polar surface area (TPSA) is 110 Å². The Morgan fingerprint density at radius 3 is 2.05 bits per heavy atom. The molecule has 0 spiro atoms. The highest BCUT2D eigenvalue weighted by atomic mass is 16.6. The lowest BCUT2D eigenvalue weighted by molar-refractivity contribution is -0.140. The Kier molecular flexibility index (Phi) is 7.49. The maximum atomic E-state index is 11.4. The van der Waals surface area contributed by atoms with E-state index in [2.05, 4.69) is 5.32 Å². The number of carbonyl (C=O) groups is 4. The molecule has 20 heavy (non-hydrogen) atoms. The standard InChI is InChI=1S/C13H21NO6/c1-13(2,3)20-12(19)14-7-6-9(15)4-5-10(16)8-11(17)18/h4-8H2,1-3H3,(H,14,19)(H,17,18). The summed E-state index contributed by atoms with van der Waals surface area (Å²) in [6.45, 7) is 5.31. The van der Waals surface area contributed by atoms with E-state index in [1.807, 2.05) is 0 Å². The number of carboxylic acids is 1. The van der Waals surface area contributed by atoms with Gasteiger partial charge in [-0.3, -0.25) is 14.4 Å². The average molecular weight is 287 g/mol. The number of alkyl carbamates (subject to hydrolysis) is 1. The van der Waals surface area contributed by atoms with Crippen LogP contribution in [0.25, 0.3) is 0 Å². The van der Waals surface area contributed by atoms with Crippen molar-refractivity contribution in [3.05, 3.63) is 0 Å². The van der Waals surface area contributed by atoms with Gasteiger partial charge in [-0.25, -0.2) is 4.79 Å². The van der Waals surface area contributed by atoms with Crippen LogP contribution in [-0.2, 0) is 19.1 Å². The molecule has 0 heterocycles. The predicted molar refractivity (Wildman–Crippen MR) is 70.4 cm³/mol. The van der Waals surface area contributed by atoms with Gasteiger partial charge < -0.3 is 15.2 Å². The van der Waals surface area contributed by atoms with E-state index in [0.717, 1.165) is 0 Å². The van der Waals surface area contributed by atoms with Gasteiger partial charge in [0.15, 0.2) is 0 Å². The van der Waals surface area contributed by atoms with Crippen LogP contribution >= 0.6 is 0 Å². The average Bonchev–Trinajstić information content (AvgIpc) is 2.22. The van der Waals surface area contributed by atoms with E-state index in [1.54, 1.807) is 20.8 Å². The monoisotopic (exact) mass is 287 g/mol. The number of hydrogen-bond acceptors (Lipinski definition) is 5. The molecule has 0 atom stereocenters. The Hall–Kier alpha value is -1.92. The molecule has 0 aliphatic heterocycles. The molecule has 114 valence electrons. The zero-order valence-electron chi connectivity index (χ0n) is 12.0. The van der Waals surface area contributed by atoms with E-state index >= 15 is 0 Å². The third kappa shape index (κ3) is 11.2. The van der Waals surface area contributed by atoms with E-state index in [1.165, 1.54) is 0 Å². The largest absolute Gasteiger partial charge is 0.481 e. The molecule has 0 radical (unpaired) electrons. The van der Waals surface area contributed by atoms with Crippen LogP contribution in [0.2, 0.25) is 0 Å². The van der Waals surface area contributed by atoms with Gasteiger partial charge >= 0.3 is 12.1 Å². The van der Waals surface area contributed by atoms with Crippen LogP contribution in [0.4, 0.5) is 4.79 Å². The molecule has 7 nitrogen and oxygen atoms in total. The Morgan fingerprint density at radius 2 is 1.55 bits per heavy atom. The Labute approximate surface area is 117 Å². The minimum Gasteiger partial charge on any atom is -0.481 e. The maximum Gasteiger partial charge on any atom is 0.407 e. The number of Topliss-reactive ketones (excluding diaryl/α,β-unsaturated/α-hetero) is 2. The fourth-order valence-electron chi connectivity index (χ4n) is 1.28. The summed E-state index contributed by atoms with van der Waals surface area (Å²) in [4.78, 5) is 44.0. The Bertz CT molecular complexity index is 383. The van der Waals surface area contributed by atoms with Crippen molar-refractivity contribution >= 4 is 23.6 Å². The molecule has 7 heteroatoms. The maximum absolute atomic E-state index is 11.4. The fraction of sp³-hybridized carbons (Fsp3) is 0.692. The van der Waals surface area contributed by atoms with Crippen LogP contribution < -0.4 is 5.32 Å². The van der Waals surface area contributed by atoms with Crippen molar-refractivity contribution in [3.63, 3.8) is 0 Å². The van der Waals surface area contributed by atoms with E-state index < -0.39 is 29.9 Å². The smallest absolute Gasteiger partial charge is 0.407 e. The van der Waals surface area contributed by atoms with E-state index in [9.17, 15) is 19.2 Å².